The quantitative estimate of drug-likeness (QED) is 0.0964. The zero-order valence-corrected chi connectivity index (χ0v) is 47.0. The first kappa shape index (κ1) is 49.9. The van der Waals surface area contributed by atoms with Crippen LogP contribution in [0.4, 0.5) is 17.1 Å². The Kier molecular flexibility index (Phi) is 10.3. The van der Waals surface area contributed by atoms with Crippen LogP contribution in [0.2, 0.25) is 0 Å². The summed E-state index contributed by atoms with van der Waals surface area (Å²) in [4.78, 5) is 92.0. The first-order chi connectivity index (χ1) is 39.8. The van der Waals surface area contributed by atoms with Gasteiger partial charge in [-0.25, -0.2) is 14.7 Å². The average molecular weight is 1080 g/mol. The summed E-state index contributed by atoms with van der Waals surface area (Å²) in [6, 6.07) is 56.5. The van der Waals surface area contributed by atoms with Crippen LogP contribution in [0.5, 0.6) is 0 Å². The maximum Gasteiger partial charge on any atom is 0.265 e. The van der Waals surface area contributed by atoms with Gasteiger partial charge in [-0.05, 0) is 184 Å². The number of hydrogen-bond acceptors (Lipinski definition) is 6. The van der Waals surface area contributed by atoms with E-state index in [2.05, 4.69) is 93.6 Å². The van der Waals surface area contributed by atoms with Crippen molar-refractivity contribution in [1.29, 1.82) is 0 Å². The van der Waals surface area contributed by atoms with Gasteiger partial charge < -0.3 is 0 Å². The van der Waals surface area contributed by atoms with E-state index < -0.39 is 40.9 Å². The number of rotatable bonds is 5. The molecule has 0 bridgehead atoms. The third-order valence-electron chi connectivity index (χ3n) is 17.8. The zero-order chi connectivity index (χ0) is 57.4. The third-order valence-corrected chi connectivity index (χ3v) is 17.8. The van der Waals surface area contributed by atoms with E-state index >= 15 is 0 Å². The van der Waals surface area contributed by atoms with Gasteiger partial charge in [0, 0.05) is 49.5 Å². The van der Waals surface area contributed by atoms with Crippen molar-refractivity contribution in [2.24, 2.45) is 0 Å². The monoisotopic (exact) mass is 1080 g/mol. The molecule has 15 rings (SSSR count). The van der Waals surface area contributed by atoms with E-state index in [9.17, 15) is 28.8 Å². The number of amides is 6. The fraction of sp³-hybridized carbons (Fsp3) is 0.135. The van der Waals surface area contributed by atoms with E-state index in [1.807, 2.05) is 89.2 Å². The first-order valence-electron chi connectivity index (χ1n) is 28.1. The minimum atomic E-state index is -0.585. The summed E-state index contributed by atoms with van der Waals surface area (Å²) in [5.41, 5.74) is 9.50. The van der Waals surface area contributed by atoms with Gasteiger partial charge in [-0.1, -0.05) is 151 Å². The Labute approximate surface area is 478 Å². The van der Waals surface area contributed by atoms with Gasteiger partial charge in [0.2, 0.25) is 0 Å². The molecule has 83 heavy (non-hydrogen) atoms. The second-order valence-corrected chi connectivity index (χ2v) is 24.6. The topological polar surface area (TPSA) is 112 Å². The second-order valence-electron chi connectivity index (χ2n) is 24.6. The molecular formula is C74H53N3O6. The van der Waals surface area contributed by atoms with Crippen LogP contribution in [0.1, 0.15) is 126 Å². The summed E-state index contributed by atoms with van der Waals surface area (Å²) >= 11 is 0. The smallest absolute Gasteiger partial charge is 0.265 e. The Morgan fingerprint density at radius 3 is 1.31 bits per heavy atom. The first-order valence-corrected chi connectivity index (χ1v) is 28.1. The third kappa shape index (κ3) is 6.94. The normalized spacial score (nSPS) is 14.6. The van der Waals surface area contributed by atoms with E-state index in [4.69, 9.17) is 0 Å². The van der Waals surface area contributed by atoms with Crippen molar-refractivity contribution in [2.75, 3.05) is 14.7 Å². The van der Waals surface area contributed by atoms with Crippen LogP contribution in [0, 0.1) is 13.8 Å². The Hall–Kier alpha value is -10.1. The van der Waals surface area contributed by atoms with Crippen molar-refractivity contribution in [2.45, 2.75) is 66.2 Å². The highest BCUT2D eigenvalue weighted by Gasteiger charge is 2.43. The van der Waals surface area contributed by atoms with Crippen molar-refractivity contribution in [3.63, 3.8) is 0 Å². The lowest BCUT2D eigenvalue weighted by Crippen LogP contribution is -2.44. The zero-order valence-electron chi connectivity index (χ0n) is 47.0. The van der Waals surface area contributed by atoms with Gasteiger partial charge in [0.1, 0.15) is 0 Å². The summed E-state index contributed by atoms with van der Waals surface area (Å²) in [7, 11) is 0. The lowest BCUT2D eigenvalue weighted by molar-refractivity contribution is 0.0872. The van der Waals surface area contributed by atoms with Crippen molar-refractivity contribution in [3.8, 4) is 22.3 Å². The standard InChI is InChI=1S/C74H53N3O6/c1-38-36-60(39(2)35-58(38)45-27-28-51-49-16-10-14-41-13-9-15-48(62(41)49)50-19-11-18-47(45)63(50)51)76-69(80)52-20-12-17-46-44(26-29-53(64(46)52)70(76)81)40-21-24-43(25-22-40)75-67(78)54-30-32-56-66-57(33-31-55(65(54)66)68(75)79)72(83)77(71(56)82)61-37-42(73(3,4)5)23-34-59(61)74(6,7)8/h9-37H,1-8H3. The summed E-state index contributed by atoms with van der Waals surface area (Å²) in [6.07, 6.45) is 0. The number of aryl methyl sites for hydroxylation is 2. The summed E-state index contributed by atoms with van der Waals surface area (Å²) in [5.74, 6) is -3.05. The number of anilines is 3. The largest absolute Gasteiger partial charge is 0.268 e. The molecule has 0 N–H and O–H groups in total. The minimum Gasteiger partial charge on any atom is -0.268 e. The van der Waals surface area contributed by atoms with Crippen LogP contribution in [0.15, 0.2) is 176 Å². The van der Waals surface area contributed by atoms with Crippen molar-refractivity contribution in [3.05, 3.63) is 232 Å². The number of nitrogens with zero attached hydrogens (tertiary/aromatic N) is 3. The number of carbonyl (C=O) groups is 6. The van der Waals surface area contributed by atoms with Crippen LogP contribution in [-0.2, 0) is 10.8 Å². The molecule has 0 atom stereocenters. The molecular weight excluding hydrogens is 1030 g/mol. The highest BCUT2D eigenvalue weighted by molar-refractivity contribution is 6.43. The van der Waals surface area contributed by atoms with Crippen molar-refractivity contribution < 1.29 is 28.8 Å². The molecule has 6 amide bonds. The second kappa shape index (κ2) is 17.2. The number of imide groups is 3. The van der Waals surface area contributed by atoms with E-state index in [1.165, 1.54) is 47.5 Å². The minimum absolute atomic E-state index is 0.203. The molecule has 12 aromatic rings. The summed E-state index contributed by atoms with van der Waals surface area (Å²) in [6.45, 7) is 16.4. The fourth-order valence-electron chi connectivity index (χ4n) is 13.7. The number of benzene rings is 12. The molecule has 12 aromatic carbocycles. The Morgan fingerprint density at radius 1 is 0.301 bits per heavy atom. The molecule has 0 radical (unpaired) electrons. The van der Waals surface area contributed by atoms with Gasteiger partial charge >= 0.3 is 0 Å². The fourth-order valence-corrected chi connectivity index (χ4v) is 13.7. The Bertz CT molecular complexity index is 4890. The number of fused-ring (bicyclic) bond motifs is 2. The lowest BCUT2D eigenvalue weighted by atomic mass is 9.80. The van der Waals surface area contributed by atoms with E-state index in [1.54, 1.807) is 48.5 Å². The van der Waals surface area contributed by atoms with Crippen LogP contribution in [0.25, 0.3) is 86.9 Å². The van der Waals surface area contributed by atoms with Crippen LogP contribution in [0.3, 0.4) is 0 Å². The highest BCUT2D eigenvalue weighted by Crippen LogP contribution is 2.48. The van der Waals surface area contributed by atoms with Crippen molar-refractivity contribution >= 4 is 117 Å². The molecule has 9 nitrogen and oxygen atoms in total. The average Bonchev–Trinajstić information content (AvgIpc) is 1.62. The molecule has 0 saturated heterocycles. The summed E-state index contributed by atoms with van der Waals surface area (Å²) < 4.78 is 0. The van der Waals surface area contributed by atoms with Gasteiger partial charge in [-0.3, -0.25) is 28.8 Å². The Morgan fingerprint density at radius 2 is 0.747 bits per heavy atom. The number of carbonyl (C=O) groups excluding carboxylic acids is 6. The molecule has 0 aliphatic carbocycles. The van der Waals surface area contributed by atoms with E-state index in [-0.39, 0.29) is 33.1 Å². The molecule has 3 aliphatic heterocycles. The van der Waals surface area contributed by atoms with Gasteiger partial charge in [-0.15, -0.1) is 0 Å². The molecule has 0 spiro atoms. The molecule has 9 heteroatoms. The maximum atomic E-state index is 14.8. The molecule has 3 heterocycles. The predicted molar refractivity (Wildman–Crippen MR) is 333 cm³/mol. The van der Waals surface area contributed by atoms with Crippen LogP contribution < -0.4 is 14.7 Å². The Balaban J connectivity index is 0.738. The SMILES string of the molecule is Cc1cc(N2C(=O)c3cccc4c(-c5ccc(N6C(=O)c7ccc8c9c(ccc(c79)C6=O)C(=O)N(c6cc(C(C)(C)C)ccc6C(C)(C)C)C8=O)cc5)ccc(c34)C2=O)c(C)cc1-c1ccc2c3cccc4cccc(c5cccc1c52)c43. The maximum absolute atomic E-state index is 14.8. The van der Waals surface area contributed by atoms with Gasteiger partial charge in [0.05, 0.1) is 17.1 Å². The summed E-state index contributed by atoms with van der Waals surface area (Å²) in [5, 5.41) is 11.5. The molecule has 0 aromatic heterocycles. The predicted octanol–water partition coefficient (Wildman–Crippen LogP) is 17.0. The van der Waals surface area contributed by atoms with Crippen LogP contribution in [-0.4, -0.2) is 35.4 Å². The molecule has 3 aliphatic rings. The van der Waals surface area contributed by atoms with E-state index in [0.29, 0.717) is 44.3 Å². The lowest BCUT2D eigenvalue weighted by Gasteiger charge is -2.35. The highest BCUT2D eigenvalue weighted by atomic mass is 16.2. The van der Waals surface area contributed by atoms with Gasteiger partial charge in [0.15, 0.2) is 0 Å². The van der Waals surface area contributed by atoms with Gasteiger partial charge in [0.25, 0.3) is 35.4 Å². The molecule has 0 unspecified atom stereocenters. The molecule has 400 valence electrons. The van der Waals surface area contributed by atoms with E-state index in [0.717, 1.165) is 54.8 Å². The number of hydrogen-bond donors (Lipinski definition) is 0. The van der Waals surface area contributed by atoms with Crippen LogP contribution >= 0.6 is 0 Å². The van der Waals surface area contributed by atoms with Crippen molar-refractivity contribution in [1.82, 2.24) is 0 Å². The molecule has 0 fully saturated rings. The molecule has 0 saturated carbocycles. The van der Waals surface area contributed by atoms with Gasteiger partial charge in [-0.2, -0.15) is 0 Å².